The topological polar surface area (TPSA) is 46.2 Å². The van der Waals surface area contributed by atoms with Crippen molar-refractivity contribution in [2.75, 3.05) is 40.6 Å². The molecule has 2 aliphatic rings. The van der Waals surface area contributed by atoms with E-state index in [1.54, 1.807) is 14.2 Å². The van der Waals surface area contributed by atoms with Gasteiger partial charge < -0.3 is 23.7 Å². The summed E-state index contributed by atoms with van der Waals surface area (Å²) in [5, 5.41) is 0. The monoisotopic (exact) mass is 326 g/mol. The lowest BCUT2D eigenvalue weighted by atomic mass is 10.1. The van der Waals surface area contributed by atoms with Crippen LogP contribution in [0.2, 0.25) is 0 Å². The maximum Gasteiger partial charge on any atom is 0.0781 e. The molecule has 0 aromatic rings. The molecule has 4 unspecified atom stereocenters. The fourth-order valence-corrected chi connectivity index (χ4v) is 2.91. The first kappa shape index (κ1) is 18.6. The Labute approximate surface area is 139 Å². The molecule has 0 bridgehead atoms. The number of ether oxygens (including phenoxy) is 5. The molecule has 0 aromatic heterocycles. The summed E-state index contributed by atoms with van der Waals surface area (Å²) in [7, 11) is 3.52. The number of hydrogen-bond acceptors (Lipinski definition) is 5. The fourth-order valence-electron chi connectivity index (χ4n) is 2.91. The molecule has 0 saturated carbocycles. The zero-order valence-electron chi connectivity index (χ0n) is 14.3. The predicted molar refractivity (Wildman–Crippen MR) is 88.6 cm³/mol. The van der Waals surface area contributed by atoms with Crippen LogP contribution in [0.15, 0.2) is 24.3 Å². The van der Waals surface area contributed by atoms with E-state index in [2.05, 4.69) is 12.2 Å². The lowest BCUT2D eigenvalue weighted by Gasteiger charge is -2.26. The molecule has 0 radical (unpaired) electrons. The van der Waals surface area contributed by atoms with E-state index in [9.17, 15) is 0 Å². The van der Waals surface area contributed by atoms with Gasteiger partial charge in [0.1, 0.15) is 0 Å². The molecule has 0 spiro atoms. The van der Waals surface area contributed by atoms with Gasteiger partial charge >= 0.3 is 0 Å². The molecule has 23 heavy (non-hydrogen) atoms. The Kier molecular flexibility index (Phi) is 8.86. The van der Waals surface area contributed by atoms with Crippen LogP contribution in [-0.4, -0.2) is 65.1 Å². The molecule has 5 heteroatoms. The summed E-state index contributed by atoms with van der Waals surface area (Å²) in [6.07, 6.45) is 12.9. The molecule has 4 atom stereocenters. The van der Waals surface area contributed by atoms with Gasteiger partial charge in [-0.2, -0.15) is 0 Å². The van der Waals surface area contributed by atoms with Crippen molar-refractivity contribution in [3.63, 3.8) is 0 Å². The van der Waals surface area contributed by atoms with Crippen LogP contribution in [0.3, 0.4) is 0 Å². The van der Waals surface area contributed by atoms with Gasteiger partial charge in [-0.3, -0.25) is 0 Å². The van der Waals surface area contributed by atoms with Gasteiger partial charge in [-0.1, -0.05) is 24.3 Å². The van der Waals surface area contributed by atoms with Crippen LogP contribution in [0.4, 0.5) is 0 Å². The third kappa shape index (κ3) is 7.14. The number of hydrogen-bond donors (Lipinski definition) is 0. The van der Waals surface area contributed by atoms with E-state index >= 15 is 0 Å². The van der Waals surface area contributed by atoms with E-state index < -0.39 is 0 Å². The third-order valence-corrected chi connectivity index (χ3v) is 4.33. The smallest absolute Gasteiger partial charge is 0.0781 e. The second-order valence-electron chi connectivity index (χ2n) is 5.98. The van der Waals surface area contributed by atoms with Crippen molar-refractivity contribution in [2.24, 2.45) is 0 Å². The molecule has 0 aromatic carbocycles. The summed E-state index contributed by atoms with van der Waals surface area (Å²) in [5.74, 6) is 0. The van der Waals surface area contributed by atoms with E-state index in [-0.39, 0.29) is 12.2 Å². The van der Waals surface area contributed by atoms with Gasteiger partial charge in [0.05, 0.1) is 37.6 Å². The van der Waals surface area contributed by atoms with Gasteiger partial charge in [-0.15, -0.1) is 0 Å². The van der Waals surface area contributed by atoms with Crippen LogP contribution in [0.1, 0.15) is 25.7 Å². The summed E-state index contributed by atoms with van der Waals surface area (Å²) in [4.78, 5) is 0. The molecule has 5 nitrogen and oxygen atoms in total. The first-order valence-corrected chi connectivity index (χ1v) is 8.51. The second-order valence-corrected chi connectivity index (χ2v) is 5.98. The molecule has 0 N–H and O–H groups in total. The van der Waals surface area contributed by atoms with Crippen LogP contribution < -0.4 is 0 Å². The summed E-state index contributed by atoms with van der Waals surface area (Å²) in [5.41, 5.74) is 0. The molecule has 132 valence electrons. The van der Waals surface area contributed by atoms with Crippen molar-refractivity contribution in [3.05, 3.63) is 24.3 Å². The Morgan fingerprint density at radius 1 is 0.826 bits per heavy atom. The third-order valence-electron chi connectivity index (χ3n) is 4.33. The van der Waals surface area contributed by atoms with E-state index in [1.165, 1.54) is 0 Å². The summed E-state index contributed by atoms with van der Waals surface area (Å²) in [6.45, 7) is 2.71. The lowest BCUT2D eigenvalue weighted by Crippen LogP contribution is -2.29. The van der Waals surface area contributed by atoms with Crippen LogP contribution >= 0.6 is 0 Å². The average molecular weight is 326 g/mol. The van der Waals surface area contributed by atoms with E-state index in [4.69, 9.17) is 23.7 Å². The Bertz CT molecular complexity index is 334. The van der Waals surface area contributed by atoms with Gasteiger partial charge in [-0.25, -0.2) is 0 Å². The Hall–Kier alpha value is -0.720. The molecule has 0 amide bonds. The SMILES string of the molecule is COC1CCOC(C=CCOCC=CC2CC(OC)CCO2)C1. The van der Waals surface area contributed by atoms with Crippen LogP contribution in [0.25, 0.3) is 0 Å². The quantitative estimate of drug-likeness (QED) is 0.507. The molecule has 2 heterocycles. The summed E-state index contributed by atoms with van der Waals surface area (Å²) in [6, 6.07) is 0. The first-order chi connectivity index (χ1) is 11.3. The van der Waals surface area contributed by atoms with Crippen molar-refractivity contribution in [1.29, 1.82) is 0 Å². The van der Waals surface area contributed by atoms with E-state index in [1.807, 2.05) is 12.2 Å². The highest BCUT2D eigenvalue weighted by molar-refractivity contribution is 4.94. The van der Waals surface area contributed by atoms with Gasteiger partial charge in [0.15, 0.2) is 0 Å². The summed E-state index contributed by atoms with van der Waals surface area (Å²) >= 11 is 0. The van der Waals surface area contributed by atoms with Crippen molar-refractivity contribution >= 4 is 0 Å². The van der Waals surface area contributed by atoms with Crippen molar-refractivity contribution in [3.8, 4) is 0 Å². The van der Waals surface area contributed by atoms with Crippen LogP contribution in [-0.2, 0) is 23.7 Å². The molecule has 0 aliphatic carbocycles. The molecule has 2 rings (SSSR count). The zero-order chi connectivity index (χ0) is 16.3. The minimum absolute atomic E-state index is 0.148. The van der Waals surface area contributed by atoms with Gasteiger partial charge in [0, 0.05) is 40.3 Å². The van der Waals surface area contributed by atoms with Crippen molar-refractivity contribution in [2.45, 2.75) is 50.1 Å². The highest BCUT2D eigenvalue weighted by atomic mass is 16.5. The maximum atomic E-state index is 5.67. The summed E-state index contributed by atoms with van der Waals surface area (Å²) < 4.78 is 27.7. The molecule has 2 fully saturated rings. The van der Waals surface area contributed by atoms with Gasteiger partial charge in [-0.05, 0) is 12.8 Å². The normalized spacial score (nSPS) is 32.8. The first-order valence-electron chi connectivity index (χ1n) is 8.51. The van der Waals surface area contributed by atoms with Gasteiger partial charge in [0.25, 0.3) is 0 Å². The Balaban J connectivity index is 1.55. The standard InChI is InChI=1S/C18H30O5/c1-19-15-7-11-22-17(13-15)5-3-9-21-10-4-6-18-14-16(20-2)8-12-23-18/h3-6,15-18H,7-14H2,1-2H3. The number of methoxy groups -OCH3 is 2. The highest BCUT2D eigenvalue weighted by Crippen LogP contribution is 2.18. The maximum absolute atomic E-state index is 5.67. The molecular formula is C18H30O5. The van der Waals surface area contributed by atoms with Crippen molar-refractivity contribution < 1.29 is 23.7 Å². The predicted octanol–water partition coefficient (Wildman–Crippen LogP) is 2.50. The van der Waals surface area contributed by atoms with Crippen molar-refractivity contribution in [1.82, 2.24) is 0 Å². The van der Waals surface area contributed by atoms with Crippen LogP contribution in [0, 0.1) is 0 Å². The lowest BCUT2D eigenvalue weighted by molar-refractivity contribution is -0.0394. The highest BCUT2D eigenvalue weighted by Gasteiger charge is 2.20. The molecule has 2 aliphatic heterocycles. The van der Waals surface area contributed by atoms with Gasteiger partial charge in [0.2, 0.25) is 0 Å². The minimum Gasteiger partial charge on any atom is -0.381 e. The fraction of sp³-hybridized carbons (Fsp3) is 0.778. The van der Waals surface area contributed by atoms with Crippen LogP contribution in [0.5, 0.6) is 0 Å². The molecule has 2 saturated heterocycles. The Morgan fingerprint density at radius 2 is 1.30 bits per heavy atom. The number of rotatable bonds is 8. The average Bonchev–Trinajstić information content (AvgIpc) is 2.61. The van der Waals surface area contributed by atoms with E-state index in [0.29, 0.717) is 25.4 Å². The van der Waals surface area contributed by atoms with E-state index in [0.717, 1.165) is 38.9 Å². The largest absolute Gasteiger partial charge is 0.381 e. The zero-order valence-corrected chi connectivity index (χ0v) is 14.3. The minimum atomic E-state index is 0.148. The Morgan fingerprint density at radius 3 is 1.74 bits per heavy atom. The second kappa shape index (κ2) is 10.9. The molecular weight excluding hydrogens is 296 g/mol.